The van der Waals surface area contributed by atoms with Gasteiger partial charge in [0.15, 0.2) is 0 Å². The Morgan fingerprint density at radius 3 is 2.91 bits per heavy atom. The van der Waals surface area contributed by atoms with E-state index in [4.69, 9.17) is 0 Å². The predicted octanol–water partition coefficient (Wildman–Crippen LogP) is 1.65. The highest BCUT2D eigenvalue weighted by Gasteiger charge is 2.45. The molecule has 0 bridgehead atoms. The molecule has 1 aromatic rings. The first-order valence-electron chi connectivity index (χ1n) is 8.13. The van der Waals surface area contributed by atoms with Crippen molar-refractivity contribution in [2.75, 3.05) is 19.6 Å². The van der Waals surface area contributed by atoms with Gasteiger partial charge in [0.1, 0.15) is 5.69 Å². The molecule has 0 radical (unpaired) electrons. The second kappa shape index (κ2) is 6.48. The highest BCUT2D eigenvalue weighted by Crippen LogP contribution is 2.36. The molecule has 2 amide bonds. The molecule has 1 atom stereocenters. The van der Waals surface area contributed by atoms with Crippen molar-refractivity contribution in [2.45, 2.75) is 37.6 Å². The van der Waals surface area contributed by atoms with Gasteiger partial charge in [-0.25, -0.2) is 4.98 Å². The summed E-state index contributed by atoms with van der Waals surface area (Å²) >= 11 is 0. The first-order valence-corrected chi connectivity index (χ1v) is 8.13. The molecule has 2 aliphatic heterocycles. The van der Waals surface area contributed by atoms with Crippen LogP contribution >= 0.6 is 0 Å². The van der Waals surface area contributed by atoms with Crippen molar-refractivity contribution in [2.24, 2.45) is 0 Å². The molecule has 23 heavy (non-hydrogen) atoms. The third-order valence-electron chi connectivity index (χ3n) is 4.84. The molecule has 2 fully saturated rings. The zero-order valence-corrected chi connectivity index (χ0v) is 13.3. The lowest BCUT2D eigenvalue weighted by Crippen LogP contribution is -2.63. The Hall–Kier alpha value is -2.24. The fraction of sp³-hybridized carbons (Fsp3) is 0.529. The van der Waals surface area contributed by atoms with Crippen molar-refractivity contribution >= 4 is 11.8 Å². The standard InChI is InChI=1S/C17H22N4O2/c1-2-10-21-15(22)5-3-6-17(21)7-4-11-20(13-17)16(23)14-12-18-8-9-19-14/h2,8-9,12H,1,3-7,10-11,13H2/t17-/m1/s1. The Morgan fingerprint density at radius 2 is 2.17 bits per heavy atom. The van der Waals surface area contributed by atoms with Gasteiger partial charge >= 0.3 is 0 Å². The maximum absolute atomic E-state index is 12.7. The maximum atomic E-state index is 12.7. The average Bonchev–Trinajstić information content (AvgIpc) is 2.59. The van der Waals surface area contributed by atoms with Crippen LogP contribution in [0.25, 0.3) is 0 Å². The number of likely N-dealkylation sites (tertiary alicyclic amines) is 2. The number of piperidine rings is 2. The normalized spacial score (nSPS) is 24.8. The van der Waals surface area contributed by atoms with Gasteiger partial charge in [-0.3, -0.25) is 14.6 Å². The summed E-state index contributed by atoms with van der Waals surface area (Å²) < 4.78 is 0. The number of hydrogen-bond donors (Lipinski definition) is 0. The third kappa shape index (κ3) is 2.98. The Kier molecular flexibility index (Phi) is 4.41. The van der Waals surface area contributed by atoms with E-state index < -0.39 is 0 Å². The van der Waals surface area contributed by atoms with Crippen molar-refractivity contribution in [1.82, 2.24) is 19.8 Å². The number of aromatic nitrogens is 2. The number of amides is 2. The maximum Gasteiger partial charge on any atom is 0.274 e. The molecule has 0 aromatic carbocycles. The van der Waals surface area contributed by atoms with Crippen LogP contribution in [-0.4, -0.2) is 56.8 Å². The van der Waals surface area contributed by atoms with Gasteiger partial charge < -0.3 is 9.80 Å². The van der Waals surface area contributed by atoms with Crippen molar-refractivity contribution in [3.8, 4) is 0 Å². The fourth-order valence-electron chi connectivity index (χ4n) is 3.81. The van der Waals surface area contributed by atoms with E-state index in [2.05, 4.69) is 16.5 Å². The lowest BCUT2D eigenvalue weighted by Gasteiger charge is -2.51. The summed E-state index contributed by atoms with van der Waals surface area (Å²) in [5, 5.41) is 0. The minimum atomic E-state index is -0.250. The molecule has 1 aromatic heterocycles. The van der Waals surface area contributed by atoms with Crippen molar-refractivity contribution in [3.05, 3.63) is 36.9 Å². The van der Waals surface area contributed by atoms with E-state index in [9.17, 15) is 9.59 Å². The Balaban J connectivity index is 1.82. The molecule has 2 aliphatic rings. The van der Waals surface area contributed by atoms with Gasteiger partial charge in [-0.05, 0) is 25.7 Å². The van der Waals surface area contributed by atoms with E-state index in [0.29, 0.717) is 31.7 Å². The Bertz CT molecular complexity index is 600. The molecule has 2 saturated heterocycles. The Labute approximate surface area is 136 Å². The number of nitrogens with zero attached hydrogens (tertiary/aromatic N) is 4. The van der Waals surface area contributed by atoms with Crippen LogP contribution in [0.1, 0.15) is 42.6 Å². The molecule has 3 heterocycles. The topological polar surface area (TPSA) is 66.4 Å². The summed E-state index contributed by atoms with van der Waals surface area (Å²) in [4.78, 5) is 36.9. The SMILES string of the molecule is C=CCN1C(=O)CCC[C@]12CCCN(C(=O)c1cnccn1)C2. The number of carbonyl (C=O) groups excluding carboxylic acids is 2. The molecule has 122 valence electrons. The first kappa shape index (κ1) is 15.6. The van der Waals surface area contributed by atoms with E-state index in [1.54, 1.807) is 12.3 Å². The van der Waals surface area contributed by atoms with Crippen molar-refractivity contribution in [1.29, 1.82) is 0 Å². The largest absolute Gasteiger partial charge is 0.335 e. The molecule has 0 N–H and O–H groups in total. The van der Waals surface area contributed by atoms with Crippen LogP contribution in [-0.2, 0) is 4.79 Å². The van der Waals surface area contributed by atoms with Gasteiger partial charge in [0.2, 0.25) is 5.91 Å². The van der Waals surface area contributed by atoms with Crippen LogP contribution in [0.3, 0.4) is 0 Å². The van der Waals surface area contributed by atoms with Gasteiger partial charge in [-0.15, -0.1) is 6.58 Å². The summed E-state index contributed by atoms with van der Waals surface area (Å²) in [7, 11) is 0. The lowest BCUT2D eigenvalue weighted by atomic mass is 9.79. The van der Waals surface area contributed by atoms with Crippen LogP contribution in [0.15, 0.2) is 31.2 Å². The van der Waals surface area contributed by atoms with Crippen LogP contribution in [0.5, 0.6) is 0 Å². The van der Waals surface area contributed by atoms with Crippen LogP contribution in [0.2, 0.25) is 0 Å². The second-order valence-corrected chi connectivity index (χ2v) is 6.29. The summed E-state index contributed by atoms with van der Waals surface area (Å²) in [6.45, 7) is 5.60. The van der Waals surface area contributed by atoms with Crippen molar-refractivity contribution in [3.63, 3.8) is 0 Å². The van der Waals surface area contributed by atoms with Gasteiger partial charge in [0, 0.05) is 38.4 Å². The summed E-state index contributed by atoms with van der Waals surface area (Å²) in [5.74, 6) is 0.0682. The number of hydrogen-bond acceptors (Lipinski definition) is 4. The second-order valence-electron chi connectivity index (χ2n) is 6.29. The first-order chi connectivity index (χ1) is 11.2. The minimum absolute atomic E-state index is 0.103. The summed E-state index contributed by atoms with van der Waals surface area (Å²) in [6.07, 6.45) is 10.6. The lowest BCUT2D eigenvalue weighted by molar-refractivity contribution is -0.143. The van der Waals surface area contributed by atoms with Crippen LogP contribution < -0.4 is 0 Å². The van der Waals surface area contributed by atoms with Gasteiger partial charge in [-0.1, -0.05) is 6.08 Å². The van der Waals surface area contributed by atoms with E-state index in [-0.39, 0.29) is 17.4 Å². The van der Waals surface area contributed by atoms with Crippen LogP contribution in [0.4, 0.5) is 0 Å². The monoisotopic (exact) mass is 314 g/mol. The van der Waals surface area contributed by atoms with Crippen LogP contribution in [0, 0.1) is 0 Å². The predicted molar refractivity (Wildman–Crippen MR) is 85.7 cm³/mol. The van der Waals surface area contributed by atoms with Gasteiger partial charge in [0.25, 0.3) is 5.91 Å². The fourth-order valence-corrected chi connectivity index (χ4v) is 3.81. The average molecular weight is 314 g/mol. The number of carbonyl (C=O) groups is 2. The smallest absolute Gasteiger partial charge is 0.274 e. The zero-order chi connectivity index (χ0) is 16.3. The Morgan fingerprint density at radius 1 is 1.35 bits per heavy atom. The molecule has 6 heteroatoms. The molecular formula is C17H22N4O2. The van der Waals surface area contributed by atoms with E-state index in [0.717, 1.165) is 25.7 Å². The summed E-state index contributed by atoms with van der Waals surface area (Å²) in [5.41, 5.74) is 0.113. The third-order valence-corrected chi connectivity index (χ3v) is 4.84. The van der Waals surface area contributed by atoms with Gasteiger partial charge in [0.05, 0.1) is 11.7 Å². The zero-order valence-electron chi connectivity index (χ0n) is 13.3. The van der Waals surface area contributed by atoms with Crippen molar-refractivity contribution < 1.29 is 9.59 Å². The number of rotatable bonds is 3. The summed E-state index contributed by atoms with van der Waals surface area (Å²) in [6, 6.07) is 0. The molecular weight excluding hydrogens is 292 g/mol. The van der Waals surface area contributed by atoms with E-state index in [1.807, 2.05) is 9.80 Å². The molecule has 0 unspecified atom stereocenters. The molecule has 0 saturated carbocycles. The molecule has 1 spiro atoms. The quantitative estimate of drug-likeness (QED) is 0.796. The van der Waals surface area contributed by atoms with E-state index >= 15 is 0 Å². The molecule has 6 nitrogen and oxygen atoms in total. The highest BCUT2D eigenvalue weighted by molar-refractivity contribution is 5.92. The molecule has 3 rings (SSSR count). The minimum Gasteiger partial charge on any atom is -0.335 e. The van der Waals surface area contributed by atoms with Gasteiger partial charge in [-0.2, -0.15) is 0 Å². The molecule has 0 aliphatic carbocycles. The highest BCUT2D eigenvalue weighted by atomic mass is 16.2. The van der Waals surface area contributed by atoms with E-state index in [1.165, 1.54) is 12.4 Å².